The van der Waals surface area contributed by atoms with Gasteiger partial charge in [-0.1, -0.05) is 60.7 Å². The molecule has 0 fully saturated rings. The Morgan fingerprint density at radius 1 is 1.10 bits per heavy atom. The quantitative estimate of drug-likeness (QED) is 0.440. The van der Waals surface area contributed by atoms with E-state index in [2.05, 4.69) is 0 Å². The number of amides is 1. The van der Waals surface area contributed by atoms with Crippen molar-refractivity contribution in [2.45, 2.75) is 31.5 Å². The summed E-state index contributed by atoms with van der Waals surface area (Å²) in [4.78, 5) is 27.4. The molecule has 0 saturated carbocycles. The summed E-state index contributed by atoms with van der Waals surface area (Å²) in [5, 5.41) is 0. The number of allylic oxidation sites excluding steroid dienone is 1. The monoisotopic (exact) mass is 391 g/mol. The van der Waals surface area contributed by atoms with E-state index in [1.54, 1.807) is 11.9 Å². The van der Waals surface area contributed by atoms with Gasteiger partial charge in [0.15, 0.2) is 0 Å². The van der Waals surface area contributed by atoms with Crippen molar-refractivity contribution < 1.29 is 19.1 Å². The highest BCUT2D eigenvalue weighted by Crippen LogP contribution is 2.49. The normalized spacial score (nSPS) is 24.7. The van der Waals surface area contributed by atoms with Gasteiger partial charge < -0.3 is 14.4 Å². The molecule has 2 aliphatic rings. The Labute approximate surface area is 170 Å². The summed E-state index contributed by atoms with van der Waals surface area (Å²) in [6.45, 7) is 0.969. The SMILES string of the molecule is CN1C(=O)C2(OC(=O)CC/C=C\[C@@H]2CCOCc2ccccc2)c2ccccc21. The first-order valence-electron chi connectivity index (χ1n) is 10.0. The van der Waals surface area contributed by atoms with Gasteiger partial charge in [0.2, 0.25) is 5.60 Å². The number of carbonyl (C=O) groups is 2. The highest BCUT2D eigenvalue weighted by molar-refractivity contribution is 6.08. The lowest BCUT2D eigenvalue weighted by molar-refractivity contribution is -0.173. The number of fused-ring (bicyclic) bond motifs is 2. The predicted molar refractivity (Wildman–Crippen MR) is 110 cm³/mol. The largest absolute Gasteiger partial charge is 0.443 e. The summed E-state index contributed by atoms with van der Waals surface area (Å²) < 4.78 is 11.8. The second-order valence-electron chi connectivity index (χ2n) is 7.49. The number of esters is 1. The first-order chi connectivity index (χ1) is 14.1. The molecule has 1 amide bonds. The fourth-order valence-electron chi connectivity index (χ4n) is 4.19. The molecule has 0 saturated heterocycles. The number of benzene rings is 2. The predicted octanol–water partition coefficient (Wildman–Crippen LogP) is 3.97. The Morgan fingerprint density at radius 3 is 2.69 bits per heavy atom. The van der Waals surface area contributed by atoms with Crippen LogP contribution < -0.4 is 4.90 Å². The molecule has 1 spiro atoms. The maximum atomic E-state index is 13.4. The Bertz CT molecular complexity index is 923. The number of anilines is 1. The van der Waals surface area contributed by atoms with Crippen LogP contribution in [0.4, 0.5) is 5.69 Å². The molecule has 0 bridgehead atoms. The third kappa shape index (κ3) is 3.58. The topological polar surface area (TPSA) is 55.8 Å². The second-order valence-corrected chi connectivity index (χ2v) is 7.49. The Kier molecular flexibility index (Phi) is 5.49. The molecule has 0 aromatic heterocycles. The van der Waals surface area contributed by atoms with Crippen molar-refractivity contribution in [1.82, 2.24) is 0 Å². The molecular formula is C24H25NO4. The molecule has 150 valence electrons. The minimum atomic E-state index is -1.32. The van der Waals surface area contributed by atoms with Crippen molar-refractivity contribution in [1.29, 1.82) is 0 Å². The molecular weight excluding hydrogens is 366 g/mol. The number of carbonyl (C=O) groups excluding carboxylic acids is 2. The fraction of sp³-hybridized carbons (Fsp3) is 0.333. The highest BCUT2D eigenvalue weighted by atomic mass is 16.6. The van der Waals surface area contributed by atoms with E-state index < -0.39 is 5.60 Å². The van der Waals surface area contributed by atoms with Gasteiger partial charge in [-0.05, 0) is 24.5 Å². The van der Waals surface area contributed by atoms with Crippen LogP contribution in [0.5, 0.6) is 0 Å². The van der Waals surface area contributed by atoms with Crippen LogP contribution in [-0.4, -0.2) is 25.5 Å². The maximum Gasteiger partial charge on any atom is 0.307 e. The van der Waals surface area contributed by atoms with E-state index in [1.165, 1.54) is 0 Å². The fourth-order valence-corrected chi connectivity index (χ4v) is 4.19. The number of nitrogens with zero attached hydrogens (tertiary/aromatic N) is 1. The van der Waals surface area contributed by atoms with Gasteiger partial charge in [0.1, 0.15) is 0 Å². The van der Waals surface area contributed by atoms with Gasteiger partial charge >= 0.3 is 5.97 Å². The van der Waals surface area contributed by atoms with Crippen molar-refractivity contribution in [3.8, 4) is 0 Å². The average molecular weight is 391 g/mol. The summed E-state index contributed by atoms with van der Waals surface area (Å²) in [5.74, 6) is -0.837. The zero-order chi connectivity index (χ0) is 20.3. The number of hydrogen-bond donors (Lipinski definition) is 0. The lowest BCUT2D eigenvalue weighted by Crippen LogP contribution is -2.48. The molecule has 1 unspecified atom stereocenters. The van der Waals surface area contributed by atoms with E-state index in [0.29, 0.717) is 26.1 Å². The van der Waals surface area contributed by atoms with Crippen LogP contribution in [0.2, 0.25) is 0 Å². The molecule has 2 aliphatic heterocycles. The van der Waals surface area contributed by atoms with Crippen LogP contribution in [0.3, 0.4) is 0 Å². The van der Waals surface area contributed by atoms with E-state index in [9.17, 15) is 9.59 Å². The van der Waals surface area contributed by atoms with Crippen molar-refractivity contribution in [3.63, 3.8) is 0 Å². The van der Waals surface area contributed by atoms with Crippen LogP contribution in [0, 0.1) is 5.92 Å². The van der Waals surface area contributed by atoms with Crippen molar-refractivity contribution in [3.05, 3.63) is 77.9 Å². The number of likely N-dealkylation sites (N-methyl/N-ethyl adjacent to an activating group) is 1. The van der Waals surface area contributed by atoms with Crippen molar-refractivity contribution >= 4 is 17.6 Å². The highest BCUT2D eigenvalue weighted by Gasteiger charge is 2.57. The number of rotatable bonds is 5. The first-order valence-corrected chi connectivity index (χ1v) is 10.0. The van der Waals surface area contributed by atoms with Crippen LogP contribution in [-0.2, 0) is 31.3 Å². The van der Waals surface area contributed by atoms with Crippen LogP contribution in [0.15, 0.2) is 66.7 Å². The van der Waals surface area contributed by atoms with Crippen LogP contribution in [0.25, 0.3) is 0 Å². The minimum absolute atomic E-state index is 0.202. The molecule has 4 rings (SSSR count). The van der Waals surface area contributed by atoms with Crippen molar-refractivity contribution in [2.24, 2.45) is 5.92 Å². The van der Waals surface area contributed by atoms with E-state index in [1.807, 2.05) is 66.7 Å². The van der Waals surface area contributed by atoms with Crippen LogP contribution >= 0.6 is 0 Å². The van der Waals surface area contributed by atoms with Gasteiger partial charge in [-0.25, -0.2) is 0 Å². The van der Waals surface area contributed by atoms with Crippen LogP contribution in [0.1, 0.15) is 30.4 Å². The summed E-state index contributed by atoms with van der Waals surface area (Å²) >= 11 is 0. The third-order valence-corrected chi connectivity index (χ3v) is 5.65. The second kappa shape index (κ2) is 8.21. The Hall–Kier alpha value is -2.92. The molecule has 0 radical (unpaired) electrons. The summed E-state index contributed by atoms with van der Waals surface area (Å²) in [7, 11) is 1.73. The summed E-state index contributed by atoms with van der Waals surface area (Å²) in [6.07, 6.45) is 5.46. The van der Waals surface area contributed by atoms with Gasteiger partial charge in [-0.15, -0.1) is 0 Å². The molecule has 0 N–H and O–H groups in total. The van der Waals surface area contributed by atoms with E-state index in [4.69, 9.17) is 9.47 Å². The lowest BCUT2D eigenvalue weighted by atomic mass is 9.79. The van der Waals surface area contributed by atoms with E-state index in [-0.39, 0.29) is 24.2 Å². The zero-order valence-corrected chi connectivity index (χ0v) is 16.5. The molecule has 5 heteroatoms. The van der Waals surface area contributed by atoms with Gasteiger partial charge in [0.25, 0.3) is 5.91 Å². The molecule has 2 aromatic rings. The first kappa shape index (κ1) is 19.4. The number of hydrogen-bond acceptors (Lipinski definition) is 4. The van der Waals surface area contributed by atoms with E-state index >= 15 is 0 Å². The Morgan fingerprint density at radius 2 is 1.86 bits per heavy atom. The molecule has 2 aromatic carbocycles. The zero-order valence-electron chi connectivity index (χ0n) is 16.5. The summed E-state index contributed by atoms with van der Waals surface area (Å²) in [6, 6.07) is 17.5. The maximum absolute atomic E-state index is 13.4. The standard InChI is InChI=1S/C24H25NO4/c1-25-21-13-7-6-12-20(21)24(23(25)27)19(11-5-8-14-22(26)29-24)15-16-28-17-18-9-3-2-4-10-18/h2-7,9-13,19H,8,14-17H2,1H3/b11-5-/t19-,24?/m1/s1. The molecule has 2 heterocycles. The molecule has 5 nitrogen and oxygen atoms in total. The van der Waals surface area contributed by atoms with E-state index in [0.717, 1.165) is 16.8 Å². The third-order valence-electron chi connectivity index (χ3n) is 5.65. The van der Waals surface area contributed by atoms with Gasteiger partial charge in [0, 0.05) is 31.6 Å². The number of para-hydroxylation sites is 1. The molecule has 29 heavy (non-hydrogen) atoms. The molecule has 2 atom stereocenters. The van der Waals surface area contributed by atoms with Gasteiger partial charge in [-0.2, -0.15) is 0 Å². The summed E-state index contributed by atoms with van der Waals surface area (Å²) in [5.41, 5.74) is 1.31. The van der Waals surface area contributed by atoms with Gasteiger partial charge in [-0.3, -0.25) is 9.59 Å². The molecule has 0 aliphatic carbocycles. The minimum Gasteiger partial charge on any atom is -0.443 e. The smallest absolute Gasteiger partial charge is 0.307 e. The lowest BCUT2D eigenvalue weighted by Gasteiger charge is -2.35. The average Bonchev–Trinajstić information content (AvgIpc) is 2.95. The number of ether oxygens (including phenoxy) is 2. The van der Waals surface area contributed by atoms with Crippen molar-refractivity contribution in [2.75, 3.05) is 18.6 Å². The van der Waals surface area contributed by atoms with Gasteiger partial charge in [0.05, 0.1) is 12.3 Å². The Balaban J connectivity index is 1.60.